The third-order valence-corrected chi connectivity index (χ3v) is 1.74. The third kappa shape index (κ3) is 1.50. The Balaban J connectivity index is 0.000000980. The number of nitrogen functional groups attached to an aromatic ring is 1. The van der Waals surface area contributed by atoms with Gasteiger partial charge in [-0.2, -0.15) is 0 Å². The molecule has 6 nitrogen and oxygen atoms in total. The average molecular weight is 286 g/mol. The number of carbonyl (C=O) groups is 1. The van der Waals surface area contributed by atoms with Crippen LogP contribution in [0.25, 0.3) is 11.0 Å². The van der Waals surface area contributed by atoms with Gasteiger partial charge in [0.25, 0.3) is 0 Å². The van der Waals surface area contributed by atoms with Gasteiger partial charge in [0.15, 0.2) is 0 Å². The van der Waals surface area contributed by atoms with Crippen LogP contribution in [0.1, 0.15) is 10.4 Å². The number of carboxylic acids is 1. The van der Waals surface area contributed by atoms with Crippen LogP contribution in [0.3, 0.4) is 0 Å². The first-order valence-corrected chi connectivity index (χ1v) is 3.52. The number of rotatable bonds is 1. The fourth-order valence-electron chi connectivity index (χ4n) is 1.15. The van der Waals surface area contributed by atoms with Gasteiger partial charge in [0.1, 0.15) is 11.1 Å². The van der Waals surface area contributed by atoms with Crippen molar-refractivity contribution in [1.82, 2.24) is 15.4 Å². The van der Waals surface area contributed by atoms with E-state index in [0.717, 1.165) is 0 Å². The van der Waals surface area contributed by atoms with Crippen molar-refractivity contribution in [3.8, 4) is 0 Å². The first kappa shape index (κ1) is 10.7. The van der Waals surface area contributed by atoms with E-state index in [1.165, 1.54) is 6.07 Å². The van der Waals surface area contributed by atoms with Crippen molar-refractivity contribution >= 4 is 22.7 Å². The summed E-state index contributed by atoms with van der Waals surface area (Å²) in [5.74, 6) is -1.10. The van der Waals surface area contributed by atoms with Crippen molar-refractivity contribution in [1.29, 1.82) is 0 Å². The van der Waals surface area contributed by atoms with Gasteiger partial charge in [-0.25, -0.2) is 4.79 Å². The zero-order valence-electron chi connectivity index (χ0n) is 6.78. The summed E-state index contributed by atoms with van der Waals surface area (Å²) in [6.07, 6.45) is 0. The minimum atomic E-state index is -1.10. The second-order valence-electron chi connectivity index (χ2n) is 2.54. The van der Waals surface area contributed by atoms with Crippen molar-refractivity contribution in [2.24, 2.45) is 0 Å². The number of fused-ring (bicyclic) bond motifs is 1. The van der Waals surface area contributed by atoms with Crippen molar-refractivity contribution in [3.63, 3.8) is 0 Å². The van der Waals surface area contributed by atoms with Gasteiger partial charge < -0.3 is 10.8 Å². The normalized spacial score (nSPS) is 9.71. The van der Waals surface area contributed by atoms with Gasteiger partial charge in [0, 0.05) is 28.1 Å². The molecule has 0 saturated carbocycles. The number of aromatic carboxylic acids is 1. The van der Waals surface area contributed by atoms with Crippen molar-refractivity contribution in [2.75, 3.05) is 5.73 Å². The molecule has 7 heteroatoms. The van der Waals surface area contributed by atoms with E-state index in [2.05, 4.69) is 15.4 Å². The first-order valence-electron chi connectivity index (χ1n) is 3.52. The summed E-state index contributed by atoms with van der Waals surface area (Å²) in [6.45, 7) is 0. The maximum absolute atomic E-state index is 10.8. The quantitative estimate of drug-likeness (QED) is 0.514. The monoisotopic (exact) mass is 285 g/mol. The Kier molecular flexibility index (Phi) is 2.90. The van der Waals surface area contributed by atoms with Crippen LogP contribution in [-0.2, 0) is 22.4 Å². The SMILES string of the molecule is Nc1ccc2[nH]nnc2c1C(=O)O.[Ag]. The van der Waals surface area contributed by atoms with E-state index in [1.54, 1.807) is 6.07 Å². The molecule has 0 atom stereocenters. The Morgan fingerprint density at radius 1 is 1.50 bits per heavy atom. The predicted octanol–water partition coefficient (Wildman–Crippen LogP) is 0.236. The molecule has 14 heavy (non-hydrogen) atoms. The van der Waals surface area contributed by atoms with E-state index >= 15 is 0 Å². The molecule has 0 spiro atoms. The van der Waals surface area contributed by atoms with Crippen LogP contribution in [0.2, 0.25) is 0 Å². The predicted molar refractivity (Wildman–Crippen MR) is 45.3 cm³/mol. The van der Waals surface area contributed by atoms with E-state index in [1.807, 2.05) is 0 Å². The second-order valence-corrected chi connectivity index (χ2v) is 2.54. The van der Waals surface area contributed by atoms with Gasteiger partial charge >= 0.3 is 5.97 Å². The van der Waals surface area contributed by atoms with Gasteiger partial charge in [-0.1, -0.05) is 5.21 Å². The van der Waals surface area contributed by atoms with Gasteiger partial charge in [0.2, 0.25) is 0 Å². The van der Waals surface area contributed by atoms with Crippen molar-refractivity contribution in [3.05, 3.63) is 17.7 Å². The van der Waals surface area contributed by atoms with Gasteiger partial charge in [0.05, 0.1) is 5.52 Å². The Morgan fingerprint density at radius 2 is 2.21 bits per heavy atom. The topological polar surface area (TPSA) is 105 Å². The molecule has 1 aromatic heterocycles. The smallest absolute Gasteiger partial charge is 0.340 e. The minimum Gasteiger partial charge on any atom is -0.478 e. The molecule has 1 aromatic carbocycles. The molecule has 2 aromatic rings. The number of nitrogens with zero attached hydrogens (tertiary/aromatic N) is 2. The van der Waals surface area contributed by atoms with Crippen molar-refractivity contribution in [2.45, 2.75) is 0 Å². The maximum Gasteiger partial charge on any atom is 0.340 e. The summed E-state index contributed by atoms with van der Waals surface area (Å²) in [7, 11) is 0. The maximum atomic E-state index is 10.8. The number of carboxylic acid groups (broad SMARTS) is 1. The number of nitrogens with two attached hydrogens (primary N) is 1. The fraction of sp³-hybridized carbons (Fsp3) is 0. The van der Waals surface area contributed by atoms with Crippen LogP contribution in [0.5, 0.6) is 0 Å². The molecule has 1 heterocycles. The molecule has 0 amide bonds. The molecule has 0 aliphatic heterocycles. The van der Waals surface area contributed by atoms with Gasteiger partial charge in [-0.3, -0.25) is 5.10 Å². The summed E-state index contributed by atoms with van der Waals surface area (Å²) >= 11 is 0. The fourth-order valence-corrected chi connectivity index (χ4v) is 1.15. The third-order valence-electron chi connectivity index (χ3n) is 1.74. The Hall–Kier alpha value is -1.37. The van der Waals surface area contributed by atoms with E-state index in [4.69, 9.17) is 10.8 Å². The number of aromatic nitrogens is 3. The number of H-pyrrole nitrogens is 1. The number of benzene rings is 1. The standard InChI is InChI=1S/C7H6N4O2.Ag/c8-3-1-2-4-6(10-11-9-4)5(3)7(12)13;/h1-2H,8H2,(H,12,13)(H,9,10,11);. The summed E-state index contributed by atoms with van der Waals surface area (Å²) < 4.78 is 0. The van der Waals surface area contributed by atoms with E-state index in [0.29, 0.717) is 5.52 Å². The Bertz CT molecular complexity index is 481. The second kappa shape index (κ2) is 3.79. The van der Waals surface area contributed by atoms with E-state index in [9.17, 15) is 4.79 Å². The molecule has 0 bridgehead atoms. The van der Waals surface area contributed by atoms with Crippen LogP contribution in [0.4, 0.5) is 5.69 Å². The van der Waals surface area contributed by atoms with Crippen LogP contribution < -0.4 is 5.73 Å². The molecule has 1 radical (unpaired) electrons. The zero-order valence-corrected chi connectivity index (χ0v) is 8.27. The largest absolute Gasteiger partial charge is 0.478 e. The van der Waals surface area contributed by atoms with Crippen LogP contribution in [0.15, 0.2) is 12.1 Å². The molecule has 4 N–H and O–H groups in total. The van der Waals surface area contributed by atoms with Crippen LogP contribution in [0, 0.1) is 0 Å². The molecular weight excluding hydrogens is 280 g/mol. The molecule has 0 unspecified atom stereocenters. The molecule has 0 aliphatic carbocycles. The summed E-state index contributed by atoms with van der Waals surface area (Å²) in [5, 5.41) is 18.5. The zero-order chi connectivity index (χ0) is 9.42. The number of hydrogen-bond donors (Lipinski definition) is 3. The molecule has 0 fully saturated rings. The molecule has 77 valence electrons. The summed E-state index contributed by atoms with van der Waals surface area (Å²) in [6, 6.07) is 3.14. The minimum absolute atomic E-state index is 0. The van der Waals surface area contributed by atoms with Gasteiger partial charge in [-0.15, -0.1) is 5.10 Å². The van der Waals surface area contributed by atoms with Crippen molar-refractivity contribution < 1.29 is 32.3 Å². The first-order chi connectivity index (χ1) is 6.20. The molecule has 0 aliphatic rings. The number of anilines is 1. The van der Waals surface area contributed by atoms with Crippen LogP contribution in [-0.4, -0.2) is 26.5 Å². The number of aromatic amines is 1. The van der Waals surface area contributed by atoms with E-state index < -0.39 is 5.97 Å². The number of nitrogens with one attached hydrogen (secondary N) is 1. The molecular formula is C7H6AgN4O2. The Morgan fingerprint density at radius 3 is 2.86 bits per heavy atom. The summed E-state index contributed by atoms with van der Waals surface area (Å²) in [5.41, 5.74) is 6.51. The van der Waals surface area contributed by atoms with Crippen LogP contribution >= 0.6 is 0 Å². The van der Waals surface area contributed by atoms with Gasteiger partial charge in [-0.05, 0) is 12.1 Å². The Labute approximate surface area is 94.0 Å². The molecule has 2 rings (SSSR count). The van der Waals surface area contributed by atoms with E-state index in [-0.39, 0.29) is 39.1 Å². The average Bonchev–Trinajstić information content (AvgIpc) is 2.50. The summed E-state index contributed by atoms with van der Waals surface area (Å²) in [4.78, 5) is 10.8. The molecule has 0 saturated heterocycles. The number of hydrogen-bond acceptors (Lipinski definition) is 4.